The lowest BCUT2D eigenvalue weighted by atomic mass is 10.2. The summed E-state index contributed by atoms with van der Waals surface area (Å²) in [6.45, 7) is 5.60. The predicted molar refractivity (Wildman–Crippen MR) is 116 cm³/mol. The lowest BCUT2D eigenvalue weighted by Crippen LogP contribution is -2.18. The van der Waals surface area contributed by atoms with Gasteiger partial charge in [-0.3, -0.25) is 0 Å². The molecule has 0 radical (unpaired) electrons. The van der Waals surface area contributed by atoms with Crippen molar-refractivity contribution in [2.45, 2.75) is 25.7 Å². The van der Waals surface area contributed by atoms with E-state index in [0.717, 1.165) is 17.0 Å². The van der Waals surface area contributed by atoms with Crippen molar-refractivity contribution >= 4 is 33.8 Å². The number of sulfonamides is 1. The first kappa shape index (κ1) is 21.6. The average Bonchev–Trinajstić information content (AvgIpc) is 2.95. The first-order chi connectivity index (χ1) is 14.1. The summed E-state index contributed by atoms with van der Waals surface area (Å²) >= 11 is 6.09. The minimum absolute atomic E-state index is 0.0233. The molecule has 7 nitrogen and oxygen atoms in total. The first-order valence-corrected chi connectivity index (χ1v) is 10.8. The molecule has 3 aromatic rings. The molecular formula is C21H20ClN3O4S. The quantitative estimate of drug-likeness (QED) is 0.441. The van der Waals surface area contributed by atoms with Crippen LogP contribution >= 0.6 is 11.6 Å². The first-order valence-electron chi connectivity index (χ1n) is 8.94. The molecule has 3 rings (SSSR count). The number of nitrogens with zero attached hydrogens (tertiary/aromatic N) is 2. The van der Waals surface area contributed by atoms with E-state index in [2.05, 4.69) is 9.93 Å². The molecule has 0 aliphatic rings. The summed E-state index contributed by atoms with van der Waals surface area (Å²) < 4.78 is 26.6. The van der Waals surface area contributed by atoms with E-state index >= 15 is 0 Å². The summed E-state index contributed by atoms with van der Waals surface area (Å²) in [4.78, 5) is 13.5. The predicted octanol–water partition coefficient (Wildman–Crippen LogP) is 4.07. The number of aromatic nitrogens is 1. The van der Waals surface area contributed by atoms with E-state index in [1.54, 1.807) is 24.3 Å². The van der Waals surface area contributed by atoms with Gasteiger partial charge in [0, 0.05) is 22.6 Å². The van der Waals surface area contributed by atoms with Crippen LogP contribution in [-0.2, 0) is 10.0 Å². The molecule has 0 spiro atoms. The number of hydrazone groups is 1. The second kappa shape index (κ2) is 8.33. The molecule has 0 unspecified atom stereocenters. The average molecular weight is 446 g/mol. The van der Waals surface area contributed by atoms with Gasteiger partial charge >= 0.3 is 5.97 Å². The number of rotatable bonds is 6. The highest BCUT2D eigenvalue weighted by Crippen LogP contribution is 2.25. The van der Waals surface area contributed by atoms with Crippen LogP contribution in [0.1, 0.15) is 32.9 Å². The van der Waals surface area contributed by atoms with Gasteiger partial charge in [-0.2, -0.15) is 13.5 Å². The summed E-state index contributed by atoms with van der Waals surface area (Å²) in [6, 6.07) is 13.0. The van der Waals surface area contributed by atoms with Crippen molar-refractivity contribution in [3.63, 3.8) is 0 Å². The molecule has 0 bridgehead atoms. The monoisotopic (exact) mass is 445 g/mol. The number of carboxylic acid groups (broad SMARTS) is 1. The number of benzene rings is 2. The summed E-state index contributed by atoms with van der Waals surface area (Å²) in [5.41, 5.74) is 4.04. The van der Waals surface area contributed by atoms with Crippen LogP contribution in [0.25, 0.3) is 5.69 Å². The molecule has 0 fully saturated rings. The van der Waals surface area contributed by atoms with Crippen molar-refractivity contribution in [3.8, 4) is 5.69 Å². The highest BCUT2D eigenvalue weighted by Gasteiger charge is 2.15. The molecule has 1 aromatic heterocycles. The summed E-state index contributed by atoms with van der Waals surface area (Å²) in [6.07, 6.45) is 1.43. The van der Waals surface area contributed by atoms with Crippen molar-refractivity contribution in [2.24, 2.45) is 5.10 Å². The Morgan fingerprint density at radius 1 is 1.10 bits per heavy atom. The fourth-order valence-corrected chi connectivity index (χ4v) is 4.11. The minimum atomic E-state index is -3.76. The van der Waals surface area contributed by atoms with Gasteiger partial charge < -0.3 is 9.67 Å². The molecule has 2 aromatic carbocycles. The molecule has 2 N–H and O–H groups in total. The molecule has 0 saturated heterocycles. The maximum Gasteiger partial charge on any atom is 0.337 e. The fraction of sp³-hybridized carbons (Fsp3) is 0.143. The van der Waals surface area contributed by atoms with Gasteiger partial charge in [-0.15, -0.1) is 0 Å². The topological polar surface area (TPSA) is 101 Å². The Balaban J connectivity index is 1.86. The Bertz CT molecular complexity index is 1250. The minimum Gasteiger partial charge on any atom is -0.478 e. The smallest absolute Gasteiger partial charge is 0.337 e. The zero-order valence-electron chi connectivity index (χ0n) is 16.5. The maximum atomic E-state index is 12.3. The van der Waals surface area contributed by atoms with Gasteiger partial charge in [0.25, 0.3) is 10.0 Å². The van der Waals surface area contributed by atoms with Gasteiger partial charge in [-0.1, -0.05) is 29.3 Å². The lowest BCUT2D eigenvalue weighted by Gasteiger charge is -2.11. The molecule has 30 heavy (non-hydrogen) atoms. The van der Waals surface area contributed by atoms with Crippen LogP contribution in [0.4, 0.5) is 0 Å². The molecule has 0 amide bonds. The third kappa shape index (κ3) is 4.39. The SMILES string of the molecule is Cc1ccc(S(=O)(=O)N/N=C\c2cc(C)n(-c3ccc(C(=O)O)c(Cl)c3)c2C)cc1. The van der Waals surface area contributed by atoms with E-state index in [1.807, 2.05) is 31.4 Å². The van der Waals surface area contributed by atoms with Gasteiger partial charge in [-0.05, 0) is 57.2 Å². The molecule has 0 atom stereocenters. The third-order valence-electron chi connectivity index (χ3n) is 4.62. The fourth-order valence-electron chi connectivity index (χ4n) is 3.07. The van der Waals surface area contributed by atoms with Crippen LogP contribution in [0.15, 0.2) is 58.5 Å². The third-order valence-corrected chi connectivity index (χ3v) is 6.17. The van der Waals surface area contributed by atoms with Crippen LogP contribution in [0, 0.1) is 20.8 Å². The van der Waals surface area contributed by atoms with E-state index in [9.17, 15) is 13.2 Å². The number of aromatic carboxylic acids is 1. The van der Waals surface area contributed by atoms with E-state index in [4.69, 9.17) is 16.7 Å². The van der Waals surface area contributed by atoms with Crippen molar-refractivity contribution in [1.82, 2.24) is 9.40 Å². The van der Waals surface area contributed by atoms with E-state index in [1.165, 1.54) is 24.4 Å². The lowest BCUT2D eigenvalue weighted by molar-refractivity contribution is 0.0697. The molecular weight excluding hydrogens is 426 g/mol. The summed E-state index contributed by atoms with van der Waals surface area (Å²) in [5.74, 6) is -1.10. The van der Waals surface area contributed by atoms with E-state index in [0.29, 0.717) is 11.3 Å². The van der Waals surface area contributed by atoms with Crippen molar-refractivity contribution in [2.75, 3.05) is 0 Å². The van der Waals surface area contributed by atoms with Crippen LogP contribution < -0.4 is 4.83 Å². The Morgan fingerprint density at radius 3 is 2.37 bits per heavy atom. The second-order valence-corrected chi connectivity index (χ2v) is 8.87. The summed E-state index contributed by atoms with van der Waals surface area (Å²) in [5, 5.41) is 13.2. The number of aryl methyl sites for hydroxylation is 2. The number of halogens is 1. The van der Waals surface area contributed by atoms with Crippen LogP contribution in [0.2, 0.25) is 5.02 Å². The Labute approximate surface area is 179 Å². The Morgan fingerprint density at radius 2 is 1.77 bits per heavy atom. The van der Waals surface area contributed by atoms with Gasteiger partial charge in [0.2, 0.25) is 0 Å². The Kier molecular flexibility index (Phi) is 6.00. The standard InChI is InChI=1S/C21H20ClN3O4S/c1-13-4-7-18(8-5-13)30(28,29)24-23-12-16-10-14(2)25(15(16)3)17-6-9-19(21(26)27)20(22)11-17/h4-12,24H,1-3H3,(H,26,27)/b23-12-. The largest absolute Gasteiger partial charge is 0.478 e. The van der Waals surface area contributed by atoms with Crippen LogP contribution in [0.3, 0.4) is 0 Å². The van der Waals surface area contributed by atoms with Gasteiger partial charge in [0.05, 0.1) is 21.7 Å². The molecule has 1 heterocycles. The summed E-state index contributed by atoms with van der Waals surface area (Å²) in [7, 11) is -3.76. The number of nitrogens with one attached hydrogen (secondary N) is 1. The number of carboxylic acids is 1. The maximum absolute atomic E-state index is 12.3. The van der Waals surface area contributed by atoms with Gasteiger partial charge in [0.15, 0.2) is 0 Å². The van der Waals surface area contributed by atoms with Crippen LogP contribution in [-0.4, -0.2) is 30.3 Å². The van der Waals surface area contributed by atoms with Gasteiger partial charge in [0.1, 0.15) is 0 Å². The van der Waals surface area contributed by atoms with E-state index < -0.39 is 16.0 Å². The number of hydrogen-bond donors (Lipinski definition) is 2. The van der Waals surface area contributed by atoms with Crippen LogP contribution in [0.5, 0.6) is 0 Å². The normalized spacial score (nSPS) is 11.7. The highest BCUT2D eigenvalue weighted by atomic mass is 35.5. The molecule has 156 valence electrons. The molecule has 9 heteroatoms. The second-order valence-electron chi connectivity index (χ2n) is 6.80. The van der Waals surface area contributed by atoms with Crippen molar-refractivity contribution < 1.29 is 18.3 Å². The molecule has 0 aliphatic heterocycles. The number of hydrogen-bond acceptors (Lipinski definition) is 4. The number of carbonyl (C=O) groups is 1. The van der Waals surface area contributed by atoms with Gasteiger partial charge in [-0.25, -0.2) is 9.63 Å². The van der Waals surface area contributed by atoms with E-state index in [-0.39, 0.29) is 15.5 Å². The zero-order valence-corrected chi connectivity index (χ0v) is 18.1. The molecule has 0 aliphatic carbocycles. The van der Waals surface area contributed by atoms with Crippen molar-refractivity contribution in [1.29, 1.82) is 0 Å². The zero-order chi connectivity index (χ0) is 22.1. The Hall–Kier alpha value is -3.10. The van der Waals surface area contributed by atoms with Crippen molar-refractivity contribution in [3.05, 3.63) is 81.6 Å². The molecule has 0 saturated carbocycles. The highest BCUT2D eigenvalue weighted by molar-refractivity contribution is 7.89.